The first kappa shape index (κ1) is 20.4. The number of hydrogen-bond donors (Lipinski definition) is 0. The van der Waals surface area contributed by atoms with E-state index in [0.29, 0.717) is 18.8 Å². The van der Waals surface area contributed by atoms with Crippen LogP contribution in [0.3, 0.4) is 0 Å². The van der Waals surface area contributed by atoms with Gasteiger partial charge in [-0.25, -0.2) is 4.79 Å². The highest BCUT2D eigenvalue weighted by molar-refractivity contribution is 7.08. The van der Waals surface area contributed by atoms with Crippen molar-refractivity contribution < 1.29 is 19.0 Å². The van der Waals surface area contributed by atoms with Crippen molar-refractivity contribution in [2.45, 2.75) is 13.3 Å². The molecule has 0 saturated heterocycles. The number of fused-ring (bicyclic) bond motifs is 4. The van der Waals surface area contributed by atoms with E-state index in [2.05, 4.69) is 19.0 Å². The summed E-state index contributed by atoms with van der Waals surface area (Å²) >= 11 is 1.65. The molecule has 0 amide bonds. The standard InChI is InChI=1S/C24H25NO4S/c1-4-27-24(26)16-8-9-17-19(15-16)23-18(22-21(30-23)7-5-13-29-22)10-11-20(17)28-14-6-12-25(2)3/h5,7-11,13,15H,4,6,12,14H2,1-3H3. The Hall–Kier alpha value is -2.83. The molecule has 2 aromatic rings. The van der Waals surface area contributed by atoms with E-state index in [1.54, 1.807) is 23.7 Å². The molecule has 0 bridgehead atoms. The van der Waals surface area contributed by atoms with E-state index >= 15 is 0 Å². The van der Waals surface area contributed by atoms with Gasteiger partial charge in [-0.1, -0.05) is 0 Å². The van der Waals surface area contributed by atoms with Gasteiger partial charge in [-0.3, -0.25) is 0 Å². The van der Waals surface area contributed by atoms with Crippen LogP contribution in [0.25, 0.3) is 17.9 Å². The molecular formula is C24H25NO4S. The number of ether oxygens (including phenoxy) is 3. The lowest BCUT2D eigenvalue weighted by Gasteiger charge is -2.11. The number of carbonyl (C=O) groups excluding carboxylic acids is 1. The maximum Gasteiger partial charge on any atom is 0.338 e. The Kier molecular flexibility index (Phi) is 6.06. The smallest absolute Gasteiger partial charge is 0.338 e. The van der Waals surface area contributed by atoms with Crippen LogP contribution in [0, 0.1) is 9.75 Å². The Morgan fingerprint density at radius 1 is 1.20 bits per heavy atom. The van der Waals surface area contributed by atoms with Crippen LogP contribution in [0.2, 0.25) is 0 Å². The number of hydrogen-bond acceptors (Lipinski definition) is 6. The van der Waals surface area contributed by atoms with Gasteiger partial charge < -0.3 is 19.1 Å². The minimum Gasteiger partial charge on any atom is -0.493 e. The molecule has 0 atom stereocenters. The van der Waals surface area contributed by atoms with Gasteiger partial charge in [-0.2, -0.15) is 0 Å². The molecule has 2 heterocycles. The molecule has 0 unspecified atom stereocenters. The fraction of sp³-hybridized carbons (Fsp3) is 0.292. The third-order valence-corrected chi connectivity index (χ3v) is 6.07. The predicted octanol–water partition coefficient (Wildman–Crippen LogP) is 3.00. The summed E-state index contributed by atoms with van der Waals surface area (Å²) in [6.07, 6.45) is 10.6. The highest BCUT2D eigenvalue weighted by atomic mass is 32.1. The van der Waals surface area contributed by atoms with Gasteiger partial charge in [0.1, 0.15) is 5.76 Å². The van der Waals surface area contributed by atoms with E-state index in [4.69, 9.17) is 14.2 Å². The second kappa shape index (κ2) is 8.90. The zero-order chi connectivity index (χ0) is 21.1. The number of benzene rings is 1. The van der Waals surface area contributed by atoms with Crippen LogP contribution in [0.5, 0.6) is 5.75 Å². The van der Waals surface area contributed by atoms with Gasteiger partial charge in [0.15, 0.2) is 5.75 Å². The van der Waals surface area contributed by atoms with Gasteiger partial charge in [0, 0.05) is 27.1 Å². The van der Waals surface area contributed by atoms with Gasteiger partial charge in [-0.05, 0) is 69.9 Å². The average molecular weight is 424 g/mol. The van der Waals surface area contributed by atoms with E-state index in [1.165, 1.54) is 0 Å². The van der Waals surface area contributed by atoms with E-state index in [9.17, 15) is 4.79 Å². The lowest BCUT2D eigenvalue weighted by Crippen LogP contribution is -2.16. The second-order valence-electron chi connectivity index (χ2n) is 7.33. The molecule has 0 radical (unpaired) electrons. The van der Waals surface area contributed by atoms with Crippen LogP contribution in [0.1, 0.15) is 29.3 Å². The Labute approximate surface area is 179 Å². The maximum absolute atomic E-state index is 12.4. The molecule has 0 spiro atoms. The van der Waals surface area contributed by atoms with Crippen molar-refractivity contribution in [1.82, 2.24) is 4.90 Å². The number of esters is 1. The summed E-state index contributed by atoms with van der Waals surface area (Å²) in [5, 5.41) is 1.93. The number of carbonyl (C=O) groups is 1. The number of rotatable bonds is 7. The summed E-state index contributed by atoms with van der Waals surface area (Å²) in [5.41, 5.74) is 1.54. The van der Waals surface area contributed by atoms with Crippen LogP contribution < -0.4 is 14.5 Å². The van der Waals surface area contributed by atoms with Crippen molar-refractivity contribution in [2.24, 2.45) is 0 Å². The highest BCUT2D eigenvalue weighted by Gasteiger charge is 2.16. The zero-order valence-corrected chi connectivity index (χ0v) is 18.3. The normalized spacial score (nSPS) is 13.7. The van der Waals surface area contributed by atoms with E-state index in [0.717, 1.165) is 49.5 Å². The van der Waals surface area contributed by atoms with Crippen molar-refractivity contribution in [2.75, 3.05) is 33.9 Å². The number of allylic oxidation sites excluding steroid dienone is 1. The SMILES string of the molecule is CCOC(=O)c1ccc2c(c1)=c1sc3c(c1C=CC=2OCCCN(C)C)OC=CC=3. The molecule has 0 N–H and O–H groups in total. The minimum absolute atomic E-state index is 0.321. The monoisotopic (exact) mass is 423 g/mol. The quantitative estimate of drug-likeness (QED) is 0.506. The molecule has 156 valence electrons. The van der Waals surface area contributed by atoms with Crippen LogP contribution in [0.15, 0.2) is 36.6 Å². The summed E-state index contributed by atoms with van der Waals surface area (Å²) in [6, 6.07) is 5.65. The maximum atomic E-state index is 12.4. The molecular weight excluding hydrogens is 398 g/mol. The number of thiophene rings is 1. The van der Waals surface area contributed by atoms with Gasteiger partial charge >= 0.3 is 5.97 Å². The molecule has 1 aromatic carbocycles. The molecule has 5 nitrogen and oxygen atoms in total. The second-order valence-corrected chi connectivity index (χ2v) is 8.39. The van der Waals surface area contributed by atoms with Crippen molar-refractivity contribution in [3.05, 3.63) is 67.2 Å². The summed E-state index contributed by atoms with van der Waals surface area (Å²) in [4.78, 5) is 14.5. The summed E-state index contributed by atoms with van der Waals surface area (Å²) in [6.45, 7) is 3.74. The molecule has 6 heteroatoms. The lowest BCUT2D eigenvalue weighted by atomic mass is 10.1. The van der Waals surface area contributed by atoms with E-state index in [1.807, 2.05) is 43.4 Å². The average Bonchev–Trinajstić information content (AvgIpc) is 3.04. The molecule has 1 aromatic heterocycles. The first-order chi connectivity index (χ1) is 14.6. The Morgan fingerprint density at radius 2 is 2.07 bits per heavy atom. The van der Waals surface area contributed by atoms with E-state index in [-0.39, 0.29) is 5.97 Å². The van der Waals surface area contributed by atoms with Crippen LogP contribution in [0.4, 0.5) is 0 Å². The van der Waals surface area contributed by atoms with Crippen molar-refractivity contribution >= 4 is 35.2 Å². The van der Waals surface area contributed by atoms with Crippen molar-refractivity contribution in [3.63, 3.8) is 0 Å². The Morgan fingerprint density at radius 3 is 2.87 bits per heavy atom. The highest BCUT2D eigenvalue weighted by Crippen LogP contribution is 2.26. The fourth-order valence-corrected chi connectivity index (χ4v) is 4.66. The summed E-state index contributed by atoms with van der Waals surface area (Å²) in [7, 11) is 4.11. The Balaban J connectivity index is 1.89. The summed E-state index contributed by atoms with van der Waals surface area (Å²) < 4.78 is 19.3. The third kappa shape index (κ3) is 4.06. The Bertz CT molecular complexity index is 1240. The topological polar surface area (TPSA) is 48.0 Å². The number of nitrogens with zero attached hydrogens (tertiary/aromatic N) is 1. The van der Waals surface area contributed by atoms with Gasteiger partial charge in [0.2, 0.25) is 0 Å². The first-order valence-electron chi connectivity index (χ1n) is 10.1. The predicted molar refractivity (Wildman–Crippen MR) is 119 cm³/mol. The van der Waals surface area contributed by atoms with Crippen LogP contribution in [-0.2, 0) is 9.47 Å². The third-order valence-electron chi connectivity index (χ3n) is 4.89. The molecule has 2 aliphatic rings. The largest absolute Gasteiger partial charge is 0.493 e. The summed E-state index contributed by atoms with van der Waals surface area (Å²) in [5.74, 6) is 1.32. The van der Waals surface area contributed by atoms with Crippen LogP contribution in [-0.4, -0.2) is 44.7 Å². The molecule has 1 aliphatic carbocycles. The first-order valence-corrected chi connectivity index (χ1v) is 10.9. The van der Waals surface area contributed by atoms with Crippen molar-refractivity contribution in [3.8, 4) is 5.75 Å². The molecule has 1 aliphatic heterocycles. The fourth-order valence-electron chi connectivity index (χ4n) is 3.49. The lowest BCUT2D eigenvalue weighted by molar-refractivity contribution is 0.0526. The molecule has 4 rings (SSSR count). The van der Waals surface area contributed by atoms with Gasteiger partial charge in [0.25, 0.3) is 0 Å². The van der Waals surface area contributed by atoms with Crippen molar-refractivity contribution in [1.29, 1.82) is 0 Å². The van der Waals surface area contributed by atoms with Gasteiger partial charge in [-0.15, -0.1) is 11.3 Å². The van der Waals surface area contributed by atoms with Crippen LogP contribution >= 0.6 is 11.3 Å². The molecule has 30 heavy (non-hydrogen) atoms. The zero-order valence-electron chi connectivity index (χ0n) is 17.4. The van der Waals surface area contributed by atoms with E-state index < -0.39 is 0 Å². The minimum atomic E-state index is -0.321. The molecule has 0 fully saturated rings. The molecule has 0 saturated carbocycles. The van der Waals surface area contributed by atoms with Gasteiger partial charge in [0.05, 0.1) is 29.6 Å².